The summed E-state index contributed by atoms with van der Waals surface area (Å²) in [6.45, 7) is 1.88. The molecule has 1 amide bonds. The number of nitrogens with one attached hydrogen (secondary N) is 2. The van der Waals surface area contributed by atoms with Crippen LogP contribution in [-0.4, -0.2) is 34.1 Å². The van der Waals surface area contributed by atoms with Crippen LogP contribution in [0.3, 0.4) is 0 Å². The van der Waals surface area contributed by atoms with Crippen molar-refractivity contribution in [3.8, 4) is 0 Å². The lowest BCUT2D eigenvalue weighted by Gasteiger charge is -2.13. The van der Waals surface area contributed by atoms with E-state index in [0.717, 1.165) is 12.1 Å². The van der Waals surface area contributed by atoms with Crippen LogP contribution in [0.4, 0.5) is 14.5 Å². The molecule has 0 aliphatic carbocycles. The minimum absolute atomic E-state index is 0.00594. The molecular weight excluding hydrogens is 366 g/mol. The maximum absolute atomic E-state index is 13.6. The first-order valence-electron chi connectivity index (χ1n) is 7.60. The molecule has 140 valence electrons. The van der Waals surface area contributed by atoms with Crippen molar-refractivity contribution < 1.29 is 26.7 Å². The Morgan fingerprint density at radius 1 is 1.15 bits per heavy atom. The normalized spacial score (nSPS) is 12.6. The van der Waals surface area contributed by atoms with Crippen LogP contribution in [0.2, 0.25) is 0 Å². The monoisotopic (exact) mass is 384 g/mol. The molecule has 0 heterocycles. The fraction of sp³-hybridized carbons (Fsp3) is 0.235. The molecule has 2 rings (SSSR count). The van der Waals surface area contributed by atoms with Crippen molar-refractivity contribution in [2.45, 2.75) is 17.9 Å². The average Bonchev–Trinajstić information content (AvgIpc) is 2.54. The van der Waals surface area contributed by atoms with E-state index in [-0.39, 0.29) is 22.8 Å². The smallest absolute Gasteiger partial charge is 0.258 e. The lowest BCUT2D eigenvalue weighted by molar-refractivity contribution is 0.102. The lowest BCUT2D eigenvalue weighted by Crippen LogP contribution is -2.35. The van der Waals surface area contributed by atoms with Gasteiger partial charge in [0, 0.05) is 24.9 Å². The van der Waals surface area contributed by atoms with Gasteiger partial charge in [-0.15, -0.1) is 0 Å². The largest absolute Gasteiger partial charge is 0.383 e. The van der Waals surface area contributed by atoms with Crippen molar-refractivity contribution in [2.24, 2.45) is 0 Å². The van der Waals surface area contributed by atoms with Crippen molar-refractivity contribution in [3.63, 3.8) is 0 Å². The second-order valence-electron chi connectivity index (χ2n) is 5.58. The van der Waals surface area contributed by atoms with Gasteiger partial charge < -0.3 is 10.1 Å². The second kappa shape index (κ2) is 8.35. The summed E-state index contributed by atoms with van der Waals surface area (Å²) < 4.78 is 58.2. The van der Waals surface area contributed by atoms with E-state index < -0.39 is 33.6 Å². The van der Waals surface area contributed by atoms with E-state index >= 15 is 0 Å². The first-order chi connectivity index (χ1) is 12.2. The van der Waals surface area contributed by atoms with Crippen LogP contribution in [0.1, 0.15) is 17.3 Å². The quantitative estimate of drug-likeness (QED) is 0.768. The molecule has 0 bridgehead atoms. The van der Waals surface area contributed by atoms with Crippen LogP contribution in [0.15, 0.2) is 47.4 Å². The first kappa shape index (κ1) is 20.0. The van der Waals surface area contributed by atoms with Crippen LogP contribution in [-0.2, 0) is 14.8 Å². The van der Waals surface area contributed by atoms with E-state index in [1.165, 1.54) is 31.4 Å². The van der Waals surface area contributed by atoms with Gasteiger partial charge in [0.2, 0.25) is 10.0 Å². The number of halogens is 2. The average molecular weight is 384 g/mol. The van der Waals surface area contributed by atoms with Crippen molar-refractivity contribution in [1.82, 2.24) is 4.72 Å². The predicted octanol–water partition coefficient (Wildman–Crippen LogP) is 2.53. The number of amides is 1. The summed E-state index contributed by atoms with van der Waals surface area (Å²) in [5.41, 5.74) is -0.0548. The number of sulfonamides is 1. The molecule has 26 heavy (non-hydrogen) atoms. The number of anilines is 1. The van der Waals surface area contributed by atoms with Gasteiger partial charge in [0.1, 0.15) is 11.6 Å². The Labute approximate surface area is 150 Å². The highest BCUT2D eigenvalue weighted by Gasteiger charge is 2.18. The lowest BCUT2D eigenvalue weighted by atomic mass is 10.2. The molecule has 0 radical (unpaired) electrons. The number of hydrogen-bond donors (Lipinski definition) is 2. The summed E-state index contributed by atoms with van der Waals surface area (Å²) in [7, 11) is -2.27. The summed E-state index contributed by atoms with van der Waals surface area (Å²) in [5, 5.41) is 2.42. The maximum atomic E-state index is 13.6. The second-order valence-corrected chi connectivity index (χ2v) is 7.29. The number of ether oxygens (including phenoxy) is 1. The molecular formula is C17H18F2N2O4S. The zero-order chi connectivity index (χ0) is 19.3. The van der Waals surface area contributed by atoms with E-state index in [1.807, 2.05) is 0 Å². The maximum Gasteiger partial charge on any atom is 0.258 e. The molecule has 0 spiro atoms. The Morgan fingerprint density at radius 3 is 2.38 bits per heavy atom. The molecule has 6 nitrogen and oxygen atoms in total. The summed E-state index contributed by atoms with van der Waals surface area (Å²) in [5.74, 6) is -2.55. The zero-order valence-electron chi connectivity index (χ0n) is 14.1. The number of carbonyl (C=O) groups is 1. The highest BCUT2D eigenvalue weighted by molar-refractivity contribution is 7.89. The van der Waals surface area contributed by atoms with Gasteiger partial charge in [-0.2, -0.15) is 0 Å². The van der Waals surface area contributed by atoms with Crippen molar-refractivity contribution >= 4 is 21.6 Å². The third-order valence-electron chi connectivity index (χ3n) is 3.37. The molecule has 2 aromatic rings. The zero-order valence-corrected chi connectivity index (χ0v) is 14.9. The molecule has 0 aromatic heterocycles. The number of rotatable bonds is 7. The molecule has 0 aliphatic heterocycles. The van der Waals surface area contributed by atoms with Crippen molar-refractivity contribution in [1.29, 1.82) is 0 Å². The molecule has 2 aromatic carbocycles. The highest BCUT2D eigenvalue weighted by Crippen LogP contribution is 2.17. The number of benzene rings is 2. The summed E-state index contributed by atoms with van der Waals surface area (Å²) in [6.07, 6.45) is 0. The van der Waals surface area contributed by atoms with Gasteiger partial charge in [-0.25, -0.2) is 21.9 Å². The van der Waals surface area contributed by atoms with Crippen LogP contribution in [0.25, 0.3) is 0 Å². The fourth-order valence-electron chi connectivity index (χ4n) is 2.21. The Bertz CT molecular complexity index is 886. The summed E-state index contributed by atoms with van der Waals surface area (Å²) in [4.78, 5) is 12.0. The van der Waals surface area contributed by atoms with Crippen LogP contribution < -0.4 is 10.0 Å². The Morgan fingerprint density at radius 2 is 1.81 bits per heavy atom. The van der Waals surface area contributed by atoms with E-state index in [2.05, 4.69) is 10.0 Å². The minimum atomic E-state index is -3.73. The summed E-state index contributed by atoms with van der Waals surface area (Å²) >= 11 is 0. The minimum Gasteiger partial charge on any atom is -0.383 e. The molecule has 0 saturated heterocycles. The first-order valence-corrected chi connectivity index (χ1v) is 9.09. The van der Waals surface area contributed by atoms with Crippen molar-refractivity contribution in [3.05, 3.63) is 59.7 Å². The number of hydrogen-bond acceptors (Lipinski definition) is 4. The molecule has 1 atom stereocenters. The van der Waals surface area contributed by atoms with E-state index in [4.69, 9.17) is 4.74 Å². The third kappa shape index (κ3) is 5.07. The van der Waals surface area contributed by atoms with Gasteiger partial charge in [0.25, 0.3) is 5.91 Å². The van der Waals surface area contributed by atoms with E-state index in [9.17, 15) is 22.0 Å². The molecule has 0 fully saturated rings. The number of methoxy groups -OCH3 is 1. The van der Waals surface area contributed by atoms with Crippen LogP contribution >= 0.6 is 0 Å². The third-order valence-corrected chi connectivity index (χ3v) is 4.98. The SMILES string of the molecule is COCC(C)NS(=O)(=O)c1ccc(NC(=O)c2ccc(F)cc2F)cc1. The van der Waals surface area contributed by atoms with Gasteiger partial charge in [0.05, 0.1) is 17.1 Å². The van der Waals surface area contributed by atoms with E-state index in [0.29, 0.717) is 6.07 Å². The molecule has 2 N–H and O–H groups in total. The van der Waals surface area contributed by atoms with Gasteiger partial charge >= 0.3 is 0 Å². The molecule has 9 heteroatoms. The number of carbonyl (C=O) groups excluding carboxylic acids is 1. The highest BCUT2D eigenvalue weighted by atomic mass is 32.2. The Balaban J connectivity index is 2.10. The van der Waals surface area contributed by atoms with Gasteiger partial charge in [0.15, 0.2) is 0 Å². The van der Waals surface area contributed by atoms with Gasteiger partial charge in [-0.3, -0.25) is 4.79 Å². The molecule has 0 saturated carbocycles. The standard InChI is InChI=1S/C17H18F2N2O4S/c1-11(10-25-2)21-26(23,24)14-6-4-13(5-7-14)20-17(22)15-8-3-12(18)9-16(15)19/h3-9,11,21H,10H2,1-2H3,(H,20,22). The topological polar surface area (TPSA) is 84.5 Å². The van der Waals surface area contributed by atoms with Crippen LogP contribution in [0, 0.1) is 11.6 Å². The predicted molar refractivity (Wildman–Crippen MR) is 92.4 cm³/mol. The Kier molecular flexibility index (Phi) is 6.41. The Hall–Kier alpha value is -2.36. The fourth-order valence-corrected chi connectivity index (χ4v) is 3.43. The molecule has 1 unspecified atom stereocenters. The van der Waals surface area contributed by atoms with Crippen LogP contribution in [0.5, 0.6) is 0 Å². The van der Waals surface area contributed by atoms with Gasteiger partial charge in [-0.05, 0) is 43.3 Å². The molecule has 0 aliphatic rings. The summed E-state index contributed by atoms with van der Waals surface area (Å²) in [6, 6.07) is 7.55. The van der Waals surface area contributed by atoms with E-state index in [1.54, 1.807) is 6.92 Å². The van der Waals surface area contributed by atoms with Gasteiger partial charge in [-0.1, -0.05) is 0 Å². The van der Waals surface area contributed by atoms with Crippen molar-refractivity contribution in [2.75, 3.05) is 19.0 Å².